The molecule has 1 atom stereocenters. The zero-order valence-corrected chi connectivity index (χ0v) is 12.7. The Morgan fingerprint density at radius 3 is 2.71 bits per heavy atom. The maximum atomic E-state index is 12.1. The predicted octanol–water partition coefficient (Wildman–Crippen LogP) is 0.354. The summed E-state index contributed by atoms with van der Waals surface area (Å²) >= 11 is 0. The molecule has 1 saturated carbocycles. The molecule has 7 heteroatoms. The second kappa shape index (κ2) is 7.09. The van der Waals surface area contributed by atoms with E-state index in [0.29, 0.717) is 19.7 Å². The van der Waals surface area contributed by atoms with E-state index in [1.165, 1.54) is 0 Å². The number of aliphatic carboxylic acids is 1. The maximum absolute atomic E-state index is 12.1. The fourth-order valence-electron chi connectivity index (χ4n) is 2.95. The Morgan fingerprint density at radius 2 is 2.14 bits per heavy atom. The molecule has 0 aromatic carbocycles. The average Bonchev–Trinajstić information content (AvgIpc) is 2.39. The number of carboxylic acids is 1. The molecule has 2 amide bonds. The number of urea groups is 1. The van der Waals surface area contributed by atoms with E-state index in [9.17, 15) is 9.59 Å². The first-order chi connectivity index (χ1) is 9.99. The van der Waals surface area contributed by atoms with E-state index in [2.05, 4.69) is 5.32 Å². The zero-order valence-electron chi connectivity index (χ0n) is 12.7. The van der Waals surface area contributed by atoms with Crippen LogP contribution in [0.3, 0.4) is 0 Å². The lowest BCUT2D eigenvalue weighted by atomic mass is 9.85. The summed E-state index contributed by atoms with van der Waals surface area (Å²) in [5.41, 5.74) is 0. The fraction of sp³-hybridized carbons (Fsp3) is 0.857. The number of morpholine rings is 1. The third-order valence-electron chi connectivity index (χ3n) is 4.23. The van der Waals surface area contributed by atoms with Crippen LogP contribution in [0.1, 0.15) is 26.7 Å². The van der Waals surface area contributed by atoms with Crippen LogP contribution in [0.2, 0.25) is 0 Å². The molecule has 1 unspecified atom stereocenters. The summed E-state index contributed by atoms with van der Waals surface area (Å²) in [6.07, 6.45) is 1.74. The minimum Gasteiger partial charge on any atom is -0.480 e. The van der Waals surface area contributed by atoms with Crippen LogP contribution in [0, 0.1) is 0 Å². The van der Waals surface area contributed by atoms with Gasteiger partial charge >= 0.3 is 12.0 Å². The molecule has 1 saturated heterocycles. The van der Waals surface area contributed by atoms with Crippen molar-refractivity contribution in [3.8, 4) is 0 Å². The number of carbonyl (C=O) groups is 2. The summed E-state index contributed by atoms with van der Waals surface area (Å²) in [6.45, 7) is 6.56. The standard InChI is InChI=1S/C14H25N3O4/c1-3-16(9-13(18)19)12-6-11(7-12)15-14(20)17-4-5-21-10(2)8-17/h10-12H,3-9H2,1-2H3,(H,15,20)(H,18,19). The summed E-state index contributed by atoms with van der Waals surface area (Å²) in [7, 11) is 0. The highest BCUT2D eigenvalue weighted by atomic mass is 16.5. The van der Waals surface area contributed by atoms with E-state index < -0.39 is 5.97 Å². The molecule has 1 heterocycles. The highest BCUT2D eigenvalue weighted by Crippen LogP contribution is 2.25. The van der Waals surface area contributed by atoms with E-state index in [1.54, 1.807) is 4.90 Å². The SMILES string of the molecule is CCN(CC(=O)O)C1CC(NC(=O)N2CCOC(C)C2)C1. The number of nitrogens with zero attached hydrogens (tertiary/aromatic N) is 2. The quantitative estimate of drug-likeness (QED) is 0.766. The van der Waals surface area contributed by atoms with Gasteiger partial charge in [-0.25, -0.2) is 4.79 Å². The second-order valence-electron chi connectivity index (χ2n) is 5.86. The molecule has 0 bridgehead atoms. The van der Waals surface area contributed by atoms with Crippen LogP contribution in [0.4, 0.5) is 4.79 Å². The van der Waals surface area contributed by atoms with Crippen LogP contribution in [-0.2, 0) is 9.53 Å². The Balaban J connectivity index is 1.72. The topological polar surface area (TPSA) is 82.1 Å². The van der Waals surface area contributed by atoms with Crippen molar-refractivity contribution < 1.29 is 19.4 Å². The number of amides is 2. The van der Waals surface area contributed by atoms with Crippen molar-refractivity contribution in [2.45, 2.75) is 44.9 Å². The van der Waals surface area contributed by atoms with Crippen molar-refractivity contribution in [2.75, 3.05) is 32.8 Å². The summed E-state index contributed by atoms with van der Waals surface area (Å²) in [5, 5.41) is 11.9. The van der Waals surface area contributed by atoms with Gasteiger partial charge in [0.25, 0.3) is 0 Å². The van der Waals surface area contributed by atoms with Gasteiger partial charge in [-0.3, -0.25) is 9.69 Å². The number of rotatable bonds is 5. The van der Waals surface area contributed by atoms with Crippen molar-refractivity contribution in [2.24, 2.45) is 0 Å². The van der Waals surface area contributed by atoms with Gasteiger partial charge in [-0.1, -0.05) is 6.92 Å². The first kappa shape index (κ1) is 16.0. The molecule has 7 nitrogen and oxygen atoms in total. The van der Waals surface area contributed by atoms with Crippen LogP contribution in [0.15, 0.2) is 0 Å². The second-order valence-corrected chi connectivity index (χ2v) is 5.86. The van der Waals surface area contributed by atoms with E-state index >= 15 is 0 Å². The molecule has 2 N–H and O–H groups in total. The third-order valence-corrected chi connectivity index (χ3v) is 4.23. The third kappa shape index (κ3) is 4.31. The molecular weight excluding hydrogens is 274 g/mol. The van der Waals surface area contributed by atoms with Crippen LogP contribution in [-0.4, -0.2) is 77.9 Å². The lowest BCUT2D eigenvalue weighted by Crippen LogP contribution is -2.58. The highest BCUT2D eigenvalue weighted by Gasteiger charge is 2.35. The highest BCUT2D eigenvalue weighted by molar-refractivity contribution is 5.74. The summed E-state index contributed by atoms with van der Waals surface area (Å²) < 4.78 is 5.42. The Kier molecular flexibility index (Phi) is 5.41. The van der Waals surface area contributed by atoms with Crippen molar-refractivity contribution >= 4 is 12.0 Å². The Bertz CT molecular complexity index is 384. The van der Waals surface area contributed by atoms with Crippen LogP contribution in [0.25, 0.3) is 0 Å². The first-order valence-corrected chi connectivity index (χ1v) is 7.62. The Morgan fingerprint density at radius 1 is 1.43 bits per heavy atom. The number of nitrogens with one attached hydrogen (secondary N) is 1. The molecule has 120 valence electrons. The summed E-state index contributed by atoms with van der Waals surface area (Å²) in [4.78, 5) is 26.6. The van der Waals surface area contributed by atoms with Crippen LogP contribution >= 0.6 is 0 Å². The lowest BCUT2D eigenvalue weighted by molar-refractivity contribution is -0.139. The normalized spacial score (nSPS) is 29.1. The van der Waals surface area contributed by atoms with Gasteiger partial charge in [-0.15, -0.1) is 0 Å². The van der Waals surface area contributed by atoms with Crippen molar-refractivity contribution in [3.63, 3.8) is 0 Å². The first-order valence-electron chi connectivity index (χ1n) is 7.62. The molecule has 21 heavy (non-hydrogen) atoms. The molecule has 2 fully saturated rings. The maximum Gasteiger partial charge on any atom is 0.317 e. The van der Waals surface area contributed by atoms with Crippen molar-refractivity contribution in [1.82, 2.24) is 15.1 Å². The van der Waals surface area contributed by atoms with Gasteiger partial charge in [0, 0.05) is 25.2 Å². The van der Waals surface area contributed by atoms with Crippen LogP contribution in [0.5, 0.6) is 0 Å². The van der Waals surface area contributed by atoms with Gasteiger partial charge in [0.1, 0.15) is 0 Å². The summed E-state index contributed by atoms with van der Waals surface area (Å²) in [6, 6.07) is 0.387. The summed E-state index contributed by atoms with van der Waals surface area (Å²) in [5.74, 6) is -0.799. The number of carbonyl (C=O) groups excluding carboxylic acids is 1. The van der Waals surface area contributed by atoms with Gasteiger partial charge in [0.05, 0.1) is 19.3 Å². The van der Waals surface area contributed by atoms with Crippen molar-refractivity contribution in [1.29, 1.82) is 0 Å². The number of hydrogen-bond donors (Lipinski definition) is 2. The predicted molar refractivity (Wildman–Crippen MR) is 77.2 cm³/mol. The van der Waals surface area contributed by atoms with E-state index in [0.717, 1.165) is 19.4 Å². The van der Waals surface area contributed by atoms with Crippen molar-refractivity contribution in [3.05, 3.63) is 0 Å². The Hall–Kier alpha value is -1.34. The van der Waals surface area contributed by atoms with E-state index in [4.69, 9.17) is 9.84 Å². The van der Waals surface area contributed by atoms with Gasteiger partial charge < -0.3 is 20.1 Å². The van der Waals surface area contributed by atoms with Gasteiger partial charge in [-0.2, -0.15) is 0 Å². The lowest BCUT2D eigenvalue weighted by Gasteiger charge is -2.43. The molecule has 0 spiro atoms. The zero-order chi connectivity index (χ0) is 15.4. The van der Waals surface area contributed by atoms with Gasteiger partial charge in [-0.05, 0) is 26.3 Å². The largest absolute Gasteiger partial charge is 0.480 e. The molecule has 0 radical (unpaired) electrons. The van der Waals surface area contributed by atoms with Gasteiger partial charge in [0.2, 0.25) is 0 Å². The van der Waals surface area contributed by atoms with E-state index in [-0.39, 0.29) is 30.8 Å². The molecule has 0 aromatic heterocycles. The fourth-order valence-corrected chi connectivity index (χ4v) is 2.95. The number of hydrogen-bond acceptors (Lipinski definition) is 4. The minimum atomic E-state index is -0.799. The minimum absolute atomic E-state index is 0.0325. The monoisotopic (exact) mass is 299 g/mol. The van der Waals surface area contributed by atoms with E-state index in [1.807, 2.05) is 18.7 Å². The molecular formula is C14H25N3O4. The molecule has 1 aliphatic carbocycles. The molecule has 2 rings (SSSR count). The molecule has 0 aromatic rings. The number of likely N-dealkylation sites (N-methyl/N-ethyl adjacent to an activating group) is 1. The average molecular weight is 299 g/mol. The smallest absolute Gasteiger partial charge is 0.317 e. The number of ether oxygens (including phenoxy) is 1. The molecule has 1 aliphatic heterocycles. The van der Waals surface area contributed by atoms with Crippen LogP contribution < -0.4 is 5.32 Å². The Labute approximate surface area is 125 Å². The molecule has 2 aliphatic rings. The van der Waals surface area contributed by atoms with Gasteiger partial charge in [0.15, 0.2) is 0 Å². The number of carboxylic acid groups (broad SMARTS) is 1.